The molecule has 0 aliphatic carbocycles. The zero-order valence-electron chi connectivity index (χ0n) is 36.7. The first-order valence-electron chi connectivity index (χ1n) is 22.2. The number of benzene rings is 9. The van der Waals surface area contributed by atoms with E-state index in [4.69, 9.17) is 15.0 Å². The Labute approximate surface area is 397 Å². The van der Waals surface area contributed by atoms with Gasteiger partial charge in [0.1, 0.15) is 0 Å². The highest BCUT2D eigenvalue weighted by Gasteiger charge is 2.26. The number of aromatic nitrogens is 4. The van der Waals surface area contributed by atoms with Gasteiger partial charge in [-0.3, -0.25) is 0 Å². The van der Waals surface area contributed by atoms with Gasteiger partial charge in [0.05, 0.1) is 63.3 Å². The van der Waals surface area contributed by atoms with E-state index in [0.717, 1.165) is 60.9 Å². The van der Waals surface area contributed by atoms with Crippen LogP contribution in [0.4, 0.5) is 0 Å². The standard InChI is InChI=1S/C61H34N8/c62-35-43-19-7-11-23-48(43)41-27-29-56-52(31-41)53-32-42(49-24-12-8-20-44(49)36-63)28-30-57(53)69(56)58-54(50-25-13-9-21-45(50)37-64)33-47(34-55(58)51-26-14-10-22-46(51)38-65)61-67-59(39-15-3-1-4-16-39)66-60(68-61)40-17-5-2-6-18-40/h1-34H. The third-order valence-corrected chi connectivity index (χ3v) is 12.4. The van der Waals surface area contributed by atoms with Crippen LogP contribution in [-0.4, -0.2) is 19.5 Å². The highest BCUT2D eigenvalue weighted by molar-refractivity contribution is 6.13. The van der Waals surface area contributed by atoms with E-state index in [0.29, 0.717) is 67.5 Å². The van der Waals surface area contributed by atoms with E-state index in [2.05, 4.69) is 53.1 Å². The lowest BCUT2D eigenvalue weighted by Crippen LogP contribution is -2.05. The predicted molar refractivity (Wildman–Crippen MR) is 271 cm³/mol. The highest BCUT2D eigenvalue weighted by atomic mass is 15.0. The van der Waals surface area contributed by atoms with Gasteiger partial charge in [0.25, 0.3) is 0 Å². The molecule has 2 heterocycles. The summed E-state index contributed by atoms with van der Waals surface area (Å²) in [5.74, 6) is 1.39. The van der Waals surface area contributed by atoms with Crippen LogP contribution in [-0.2, 0) is 0 Å². The van der Waals surface area contributed by atoms with Crippen molar-refractivity contribution in [2.24, 2.45) is 0 Å². The van der Waals surface area contributed by atoms with Gasteiger partial charge >= 0.3 is 0 Å². The van der Waals surface area contributed by atoms with Crippen LogP contribution in [0.3, 0.4) is 0 Å². The monoisotopic (exact) mass is 878 g/mol. The Bertz CT molecular complexity index is 3760. The van der Waals surface area contributed by atoms with Crippen molar-refractivity contribution in [2.75, 3.05) is 0 Å². The largest absolute Gasteiger partial charge is 0.308 e. The first-order chi connectivity index (χ1) is 34.0. The number of rotatable bonds is 8. The number of hydrogen-bond acceptors (Lipinski definition) is 7. The molecular formula is C61H34N8. The summed E-state index contributed by atoms with van der Waals surface area (Å²) < 4.78 is 2.21. The van der Waals surface area contributed by atoms with E-state index in [1.807, 2.05) is 182 Å². The third kappa shape index (κ3) is 7.40. The van der Waals surface area contributed by atoms with E-state index in [9.17, 15) is 21.0 Å². The van der Waals surface area contributed by atoms with Gasteiger partial charge in [-0.1, -0.05) is 146 Å². The lowest BCUT2D eigenvalue weighted by molar-refractivity contribution is 1.07. The Balaban J connectivity index is 1.29. The molecule has 11 rings (SSSR count). The molecule has 9 aromatic carbocycles. The molecule has 0 radical (unpaired) electrons. The first kappa shape index (κ1) is 41.5. The third-order valence-electron chi connectivity index (χ3n) is 12.4. The quantitative estimate of drug-likeness (QED) is 0.148. The summed E-state index contributed by atoms with van der Waals surface area (Å²) in [5.41, 5.74) is 12.7. The van der Waals surface area contributed by atoms with Crippen LogP contribution in [0.5, 0.6) is 0 Å². The van der Waals surface area contributed by atoms with E-state index < -0.39 is 0 Å². The topological polar surface area (TPSA) is 139 Å². The molecule has 69 heavy (non-hydrogen) atoms. The van der Waals surface area contributed by atoms with Gasteiger partial charge in [0.2, 0.25) is 0 Å². The van der Waals surface area contributed by atoms with Crippen LogP contribution in [0.1, 0.15) is 22.3 Å². The molecule has 8 nitrogen and oxygen atoms in total. The Kier molecular flexibility index (Phi) is 10.6. The Morgan fingerprint density at radius 3 is 1.01 bits per heavy atom. The summed E-state index contributed by atoms with van der Waals surface area (Å²) >= 11 is 0. The normalized spacial score (nSPS) is 10.8. The molecule has 0 spiro atoms. The smallest absolute Gasteiger partial charge is 0.164 e. The van der Waals surface area contributed by atoms with Crippen molar-refractivity contribution < 1.29 is 0 Å². The molecule has 2 aromatic heterocycles. The Morgan fingerprint density at radius 2 is 0.623 bits per heavy atom. The van der Waals surface area contributed by atoms with Gasteiger partial charge in [-0.05, 0) is 82.9 Å². The molecule has 0 aliphatic rings. The molecule has 0 atom stereocenters. The van der Waals surface area contributed by atoms with Crippen LogP contribution in [0.15, 0.2) is 206 Å². The molecule has 11 aromatic rings. The summed E-state index contributed by atoms with van der Waals surface area (Å²) in [7, 11) is 0. The summed E-state index contributed by atoms with van der Waals surface area (Å²) in [6.45, 7) is 0. The van der Waals surface area contributed by atoms with Gasteiger partial charge < -0.3 is 4.57 Å². The highest BCUT2D eigenvalue weighted by Crippen LogP contribution is 2.46. The van der Waals surface area contributed by atoms with E-state index >= 15 is 0 Å². The molecule has 0 bridgehead atoms. The van der Waals surface area contributed by atoms with E-state index in [1.54, 1.807) is 0 Å². The molecular weight excluding hydrogens is 845 g/mol. The lowest BCUT2D eigenvalue weighted by atomic mass is 9.89. The van der Waals surface area contributed by atoms with Crippen molar-refractivity contribution in [3.05, 3.63) is 229 Å². The SMILES string of the molecule is N#Cc1ccccc1-c1ccc2c(c1)c1cc(-c3ccccc3C#N)ccc1n2-c1c(-c2ccccc2C#N)cc(-c2nc(-c3ccccc3)nc(-c3ccccc3)n2)cc1-c1ccccc1C#N. The summed E-state index contributed by atoms with van der Waals surface area (Å²) in [6.07, 6.45) is 0. The van der Waals surface area contributed by atoms with Gasteiger partial charge in [0.15, 0.2) is 17.5 Å². The molecule has 8 heteroatoms. The maximum Gasteiger partial charge on any atom is 0.164 e. The lowest BCUT2D eigenvalue weighted by Gasteiger charge is -2.22. The second-order valence-electron chi connectivity index (χ2n) is 16.4. The van der Waals surface area contributed by atoms with Gasteiger partial charge in [-0.2, -0.15) is 21.0 Å². The van der Waals surface area contributed by atoms with Crippen LogP contribution in [0.2, 0.25) is 0 Å². The van der Waals surface area contributed by atoms with Gasteiger partial charge in [0, 0.05) is 49.7 Å². The van der Waals surface area contributed by atoms with E-state index in [-0.39, 0.29) is 0 Å². The summed E-state index contributed by atoms with van der Waals surface area (Å²) in [4.78, 5) is 15.3. The van der Waals surface area contributed by atoms with Crippen LogP contribution >= 0.6 is 0 Å². The minimum atomic E-state index is 0.407. The number of fused-ring (bicyclic) bond motifs is 3. The fourth-order valence-corrected chi connectivity index (χ4v) is 9.25. The van der Waals surface area contributed by atoms with Crippen molar-refractivity contribution in [2.45, 2.75) is 0 Å². The maximum absolute atomic E-state index is 10.8. The van der Waals surface area contributed by atoms with Gasteiger partial charge in [-0.25, -0.2) is 15.0 Å². The fourth-order valence-electron chi connectivity index (χ4n) is 9.25. The Morgan fingerprint density at radius 1 is 0.290 bits per heavy atom. The summed E-state index contributed by atoms with van der Waals surface area (Å²) in [5, 5.41) is 43.8. The predicted octanol–water partition coefficient (Wildman–Crippen LogP) is 14.1. The first-order valence-corrected chi connectivity index (χ1v) is 22.2. The zero-order valence-corrected chi connectivity index (χ0v) is 36.7. The van der Waals surface area contributed by atoms with Crippen molar-refractivity contribution >= 4 is 21.8 Å². The van der Waals surface area contributed by atoms with Crippen LogP contribution in [0.25, 0.3) is 106 Å². The van der Waals surface area contributed by atoms with E-state index in [1.165, 1.54) is 0 Å². The van der Waals surface area contributed by atoms with Crippen molar-refractivity contribution in [3.63, 3.8) is 0 Å². The molecule has 0 aliphatic heterocycles. The van der Waals surface area contributed by atoms with Crippen molar-refractivity contribution in [1.29, 1.82) is 21.0 Å². The molecule has 0 N–H and O–H groups in total. The molecule has 318 valence electrons. The average molecular weight is 879 g/mol. The molecule has 0 amide bonds. The second kappa shape index (κ2) is 17.6. The minimum absolute atomic E-state index is 0.407. The van der Waals surface area contributed by atoms with Crippen LogP contribution in [0, 0.1) is 45.3 Å². The molecule has 0 fully saturated rings. The van der Waals surface area contributed by atoms with Gasteiger partial charge in [-0.15, -0.1) is 0 Å². The number of nitrogens with zero attached hydrogens (tertiary/aromatic N) is 8. The number of hydrogen-bond donors (Lipinski definition) is 0. The van der Waals surface area contributed by atoms with Crippen LogP contribution < -0.4 is 0 Å². The number of nitriles is 4. The van der Waals surface area contributed by atoms with Crippen molar-refractivity contribution in [3.8, 4) is 109 Å². The minimum Gasteiger partial charge on any atom is -0.308 e. The maximum atomic E-state index is 10.8. The second-order valence-corrected chi connectivity index (χ2v) is 16.4. The molecule has 0 saturated heterocycles. The Hall–Kier alpha value is -10.3. The average Bonchev–Trinajstić information content (AvgIpc) is 3.75. The molecule has 0 saturated carbocycles. The fraction of sp³-hybridized carbons (Fsp3) is 0. The summed E-state index contributed by atoms with van der Waals surface area (Å²) in [6, 6.07) is 75.9. The molecule has 0 unspecified atom stereocenters. The zero-order chi connectivity index (χ0) is 46.8. The van der Waals surface area contributed by atoms with Crippen molar-refractivity contribution in [1.82, 2.24) is 19.5 Å².